The zero-order chi connectivity index (χ0) is 8.70. The normalized spacial score (nSPS) is 24.8. The molecule has 0 spiro atoms. The Kier molecular flexibility index (Phi) is 2.16. The van der Waals surface area contributed by atoms with E-state index in [4.69, 9.17) is 0 Å². The van der Waals surface area contributed by atoms with E-state index in [9.17, 15) is 13.2 Å². The SMILES string of the molecule is CSC(C)C1(C(F)(F)F)CC1. The molecular weight excluding hydrogens is 173 g/mol. The Bertz CT molecular complexity index is 148. The molecule has 1 rings (SSSR count). The number of alkyl halides is 3. The van der Waals surface area contributed by atoms with Crippen LogP contribution in [-0.2, 0) is 0 Å². The van der Waals surface area contributed by atoms with Crippen molar-refractivity contribution in [3.63, 3.8) is 0 Å². The maximum absolute atomic E-state index is 12.3. The van der Waals surface area contributed by atoms with Crippen LogP contribution in [0.1, 0.15) is 19.8 Å². The molecule has 11 heavy (non-hydrogen) atoms. The smallest absolute Gasteiger partial charge is 0.170 e. The maximum atomic E-state index is 12.3. The first-order valence-electron chi connectivity index (χ1n) is 3.53. The van der Waals surface area contributed by atoms with Crippen molar-refractivity contribution in [3.05, 3.63) is 0 Å². The Morgan fingerprint density at radius 3 is 1.91 bits per heavy atom. The van der Waals surface area contributed by atoms with Gasteiger partial charge in [-0.25, -0.2) is 0 Å². The highest BCUT2D eigenvalue weighted by molar-refractivity contribution is 7.99. The fourth-order valence-corrected chi connectivity index (χ4v) is 2.10. The van der Waals surface area contributed by atoms with Crippen molar-refractivity contribution >= 4 is 11.8 Å². The summed E-state index contributed by atoms with van der Waals surface area (Å²) in [7, 11) is 0. The first-order chi connectivity index (χ1) is 4.94. The van der Waals surface area contributed by atoms with Gasteiger partial charge in [0.15, 0.2) is 0 Å². The summed E-state index contributed by atoms with van der Waals surface area (Å²) in [5.41, 5.74) is -1.34. The minimum absolute atomic E-state index is 0.289. The summed E-state index contributed by atoms with van der Waals surface area (Å²) in [5, 5.41) is -0.289. The van der Waals surface area contributed by atoms with E-state index in [0.717, 1.165) is 0 Å². The standard InChI is InChI=1S/C7H11F3S/c1-5(11-2)6(3-4-6)7(8,9)10/h5H,3-4H2,1-2H3. The number of thioether (sulfide) groups is 1. The predicted molar refractivity (Wildman–Crippen MR) is 40.7 cm³/mol. The fraction of sp³-hybridized carbons (Fsp3) is 1.00. The van der Waals surface area contributed by atoms with Gasteiger partial charge in [0.1, 0.15) is 0 Å². The average molecular weight is 184 g/mol. The largest absolute Gasteiger partial charge is 0.395 e. The lowest BCUT2D eigenvalue weighted by Gasteiger charge is -2.24. The lowest BCUT2D eigenvalue weighted by atomic mass is 10.0. The van der Waals surface area contributed by atoms with Gasteiger partial charge in [-0.2, -0.15) is 24.9 Å². The number of rotatable bonds is 2. The van der Waals surface area contributed by atoms with E-state index in [-0.39, 0.29) is 5.25 Å². The molecule has 0 N–H and O–H groups in total. The summed E-state index contributed by atoms with van der Waals surface area (Å²) >= 11 is 1.30. The maximum Gasteiger partial charge on any atom is 0.395 e. The van der Waals surface area contributed by atoms with Crippen molar-refractivity contribution in [2.75, 3.05) is 6.26 Å². The molecule has 0 saturated heterocycles. The Balaban J connectivity index is 2.68. The second-order valence-corrected chi connectivity index (χ2v) is 4.21. The molecule has 0 bridgehead atoms. The van der Waals surface area contributed by atoms with E-state index >= 15 is 0 Å². The van der Waals surface area contributed by atoms with Crippen molar-refractivity contribution in [2.24, 2.45) is 5.41 Å². The summed E-state index contributed by atoms with van der Waals surface area (Å²) < 4.78 is 37.0. The van der Waals surface area contributed by atoms with Gasteiger partial charge in [0.2, 0.25) is 0 Å². The Morgan fingerprint density at radius 1 is 1.36 bits per heavy atom. The lowest BCUT2D eigenvalue weighted by Crippen LogP contribution is -2.32. The molecule has 0 aliphatic heterocycles. The third-order valence-corrected chi connectivity index (χ3v) is 3.64. The van der Waals surface area contributed by atoms with Crippen molar-refractivity contribution in [2.45, 2.75) is 31.2 Å². The zero-order valence-corrected chi connectivity index (χ0v) is 7.35. The molecule has 4 heteroatoms. The van der Waals surface area contributed by atoms with Crippen LogP contribution in [0.25, 0.3) is 0 Å². The van der Waals surface area contributed by atoms with E-state index in [1.165, 1.54) is 11.8 Å². The van der Waals surface area contributed by atoms with Crippen molar-refractivity contribution in [3.8, 4) is 0 Å². The molecule has 1 atom stereocenters. The molecule has 0 aromatic heterocycles. The van der Waals surface area contributed by atoms with Crippen LogP contribution in [-0.4, -0.2) is 17.7 Å². The second kappa shape index (κ2) is 2.57. The summed E-state index contributed by atoms with van der Waals surface area (Å²) in [6.07, 6.45) is -1.62. The molecule has 1 unspecified atom stereocenters. The third-order valence-electron chi connectivity index (χ3n) is 2.48. The van der Waals surface area contributed by atoms with Crippen LogP contribution in [0.5, 0.6) is 0 Å². The summed E-state index contributed by atoms with van der Waals surface area (Å²) in [5.74, 6) is 0. The van der Waals surface area contributed by atoms with Gasteiger partial charge in [-0.15, -0.1) is 0 Å². The van der Waals surface area contributed by atoms with Crippen LogP contribution in [0.15, 0.2) is 0 Å². The van der Waals surface area contributed by atoms with Crippen LogP contribution >= 0.6 is 11.8 Å². The lowest BCUT2D eigenvalue weighted by molar-refractivity contribution is -0.185. The molecule has 0 heterocycles. The Hall–Kier alpha value is 0.140. The first-order valence-corrected chi connectivity index (χ1v) is 4.82. The minimum atomic E-state index is -3.99. The van der Waals surface area contributed by atoms with Crippen LogP contribution < -0.4 is 0 Å². The highest BCUT2D eigenvalue weighted by Gasteiger charge is 2.65. The molecule has 0 radical (unpaired) electrons. The van der Waals surface area contributed by atoms with Gasteiger partial charge in [-0.05, 0) is 19.1 Å². The molecule has 66 valence electrons. The van der Waals surface area contributed by atoms with E-state index in [2.05, 4.69) is 0 Å². The van der Waals surface area contributed by atoms with Gasteiger partial charge < -0.3 is 0 Å². The molecule has 0 amide bonds. The molecule has 1 fully saturated rings. The topological polar surface area (TPSA) is 0 Å². The summed E-state index contributed by atoms with van der Waals surface area (Å²) in [6, 6.07) is 0. The van der Waals surface area contributed by atoms with Gasteiger partial charge in [0.25, 0.3) is 0 Å². The van der Waals surface area contributed by atoms with Crippen molar-refractivity contribution in [1.29, 1.82) is 0 Å². The molecule has 1 aliphatic rings. The van der Waals surface area contributed by atoms with E-state index < -0.39 is 11.6 Å². The zero-order valence-electron chi connectivity index (χ0n) is 6.53. The van der Waals surface area contributed by atoms with Gasteiger partial charge in [0.05, 0.1) is 5.41 Å². The molecule has 0 aromatic carbocycles. The highest BCUT2D eigenvalue weighted by Crippen LogP contribution is 2.62. The molecule has 1 saturated carbocycles. The second-order valence-electron chi connectivity index (χ2n) is 3.03. The van der Waals surface area contributed by atoms with Crippen molar-refractivity contribution in [1.82, 2.24) is 0 Å². The van der Waals surface area contributed by atoms with Gasteiger partial charge in [0, 0.05) is 5.25 Å². The van der Waals surface area contributed by atoms with Gasteiger partial charge in [-0.1, -0.05) is 6.92 Å². The van der Waals surface area contributed by atoms with Crippen molar-refractivity contribution < 1.29 is 13.2 Å². The van der Waals surface area contributed by atoms with E-state index in [1.54, 1.807) is 13.2 Å². The van der Waals surface area contributed by atoms with Crippen LogP contribution in [0, 0.1) is 5.41 Å². The Morgan fingerprint density at radius 2 is 1.82 bits per heavy atom. The monoisotopic (exact) mass is 184 g/mol. The Labute approximate surface area is 68.5 Å². The predicted octanol–water partition coefficient (Wildman–Crippen LogP) is 3.08. The molecule has 0 nitrogen and oxygen atoms in total. The minimum Gasteiger partial charge on any atom is -0.170 e. The fourth-order valence-electron chi connectivity index (χ4n) is 1.28. The van der Waals surface area contributed by atoms with Crippen LogP contribution in [0.4, 0.5) is 13.2 Å². The van der Waals surface area contributed by atoms with Crippen LogP contribution in [0.2, 0.25) is 0 Å². The van der Waals surface area contributed by atoms with Gasteiger partial charge >= 0.3 is 6.18 Å². The quantitative estimate of drug-likeness (QED) is 0.635. The number of hydrogen-bond acceptors (Lipinski definition) is 1. The summed E-state index contributed by atoms with van der Waals surface area (Å²) in [4.78, 5) is 0. The third kappa shape index (κ3) is 1.37. The average Bonchev–Trinajstić information content (AvgIpc) is 2.63. The number of hydrogen-bond donors (Lipinski definition) is 0. The summed E-state index contributed by atoms with van der Waals surface area (Å²) in [6.45, 7) is 1.66. The van der Waals surface area contributed by atoms with Gasteiger partial charge in [-0.3, -0.25) is 0 Å². The van der Waals surface area contributed by atoms with E-state index in [0.29, 0.717) is 12.8 Å². The first kappa shape index (κ1) is 9.23. The van der Waals surface area contributed by atoms with Crippen LogP contribution in [0.3, 0.4) is 0 Å². The number of halogens is 3. The molecule has 0 aromatic rings. The highest BCUT2D eigenvalue weighted by atomic mass is 32.2. The molecular formula is C7H11F3S. The molecule has 1 aliphatic carbocycles. The van der Waals surface area contributed by atoms with E-state index in [1.807, 2.05) is 0 Å².